The highest BCUT2D eigenvalue weighted by Crippen LogP contribution is 2.26. The molecule has 0 aromatic carbocycles. The van der Waals surface area contributed by atoms with Crippen LogP contribution in [0.5, 0.6) is 0 Å². The van der Waals surface area contributed by atoms with Crippen LogP contribution < -0.4 is 5.32 Å². The number of imide groups is 1. The van der Waals surface area contributed by atoms with Crippen LogP contribution in [0.25, 0.3) is 0 Å². The van der Waals surface area contributed by atoms with Crippen molar-refractivity contribution in [2.75, 3.05) is 11.9 Å². The van der Waals surface area contributed by atoms with Gasteiger partial charge in [0.15, 0.2) is 0 Å². The van der Waals surface area contributed by atoms with E-state index in [4.69, 9.17) is 0 Å². The van der Waals surface area contributed by atoms with Crippen molar-refractivity contribution in [3.8, 4) is 0 Å². The van der Waals surface area contributed by atoms with Crippen molar-refractivity contribution in [2.45, 2.75) is 33.7 Å². The first-order chi connectivity index (χ1) is 9.54. The van der Waals surface area contributed by atoms with Gasteiger partial charge in [-0.1, -0.05) is 26.8 Å². The first-order valence-corrected chi connectivity index (χ1v) is 7.09. The molecule has 1 aromatic heterocycles. The Bertz CT molecular complexity index is 496. The van der Waals surface area contributed by atoms with Gasteiger partial charge in [-0.2, -0.15) is 0 Å². The molecule has 1 saturated heterocycles. The number of hydrogen-bond acceptors (Lipinski definition) is 4. The van der Waals surface area contributed by atoms with Crippen molar-refractivity contribution < 1.29 is 9.59 Å². The van der Waals surface area contributed by atoms with Crippen LogP contribution in [0.15, 0.2) is 18.2 Å². The third-order valence-electron chi connectivity index (χ3n) is 3.74. The molecule has 20 heavy (non-hydrogen) atoms. The zero-order chi connectivity index (χ0) is 14.7. The van der Waals surface area contributed by atoms with Gasteiger partial charge in [0, 0.05) is 18.4 Å². The minimum absolute atomic E-state index is 0.101. The molecular formula is C15H21N3O2. The third-order valence-corrected chi connectivity index (χ3v) is 3.74. The predicted molar refractivity (Wildman–Crippen MR) is 76.9 cm³/mol. The molecule has 1 fully saturated rings. The molecule has 0 bridgehead atoms. The van der Waals surface area contributed by atoms with Gasteiger partial charge in [0.1, 0.15) is 5.82 Å². The lowest BCUT2D eigenvalue weighted by Gasteiger charge is -2.14. The second-order valence-corrected chi connectivity index (χ2v) is 5.28. The van der Waals surface area contributed by atoms with Crippen LogP contribution >= 0.6 is 0 Å². The Morgan fingerprint density at radius 1 is 1.20 bits per heavy atom. The van der Waals surface area contributed by atoms with Crippen molar-refractivity contribution in [1.82, 2.24) is 9.88 Å². The van der Waals surface area contributed by atoms with Crippen molar-refractivity contribution in [3.63, 3.8) is 0 Å². The number of nitrogens with one attached hydrogen (secondary N) is 1. The Balaban J connectivity index is 2.10. The largest absolute Gasteiger partial charge is 0.370 e. The van der Waals surface area contributed by atoms with Crippen LogP contribution in [0.3, 0.4) is 0 Å². The average molecular weight is 275 g/mol. The molecule has 1 aliphatic heterocycles. The monoisotopic (exact) mass is 275 g/mol. The fourth-order valence-electron chi connectivity index (χ4n) is 2.26. The number of amides is 2. The van der Waals surface area contributed by atoms with E-state index in [0.29, 0.717) is 0 Å². The fraction of sp³-hybridized carbons (Fsp3) is 0.533. The molecule has 2 unspecified atom stereocenters. The predicted octanol–water partition coefficient (Wildman–Crippen LogP) is 2.04. The number of carbonyl (C=O) groups excluding carboxylic acids is 2. The number of likely N-dealkylation sites (tertiary alicyclic amines) is 1. The van der Waals surface area contributed by atoms with Gasteiger partial charge in [-0.3, -0.25) is 14.5 Å². The Kier molecular flexibility index (Phi) is 4.37. The summed E-state index contributed by atoms with van der Waals surface area (Å²) in [7, 11) is 0. The molecule has 2 amide bonds. The first-order valence-electron chi connectivity index (χ1n) is 7.09. The van der Waals surface area contributed by atoms with Crippen LogP contribution in [0.4, 0.5) is 5.82 Å². The van der Waals surface area contributed by atoms with Crippen molar-refractivity contribution in [2.24, 2.45) is 11.8 Å². The first kappa shape index (κ1) is 14.5. The maximum atomic E-state index is 12.0. The summed E-state index contributed by atoms with van der Waals surface area (Å²) >= 11 is 0. The number of nitrogens with zero attached hydrogens (tertiary/aromatic N) is 2. The average Bonchev–Trinajstić information content (AvgIpc) is 2.63. The summed E-state index contributed by atoms with van der Waals surface area (Å²) < 4.78 is 0. The zero-order valence-corrected chi connectivity index (χ0v) is 12.2. The number of rotatable bonds is 5. The van der Waals surface area contributed by atoms with Gasteiger partial charge in [0.25, 0.3) is 0 Å². The van der Waals surface area contributed by atoms with E-state index in [-0.39, 0.29) is 30.2 Å². The molecule has 0 spiro atoms. The number of pyridine rings is 1. The van der Waals surface area contributed by atoms with Crippen molar-refractivity contribution >= 4 is 17.6 Å². The molecule has 2 heterocycles. The highest BCUT2D eigenvalue weighted by atomic mass is 16.2. The van der Waals surface area contributed by atoms with Gasteiger partial charge in [-0.05, 0) is 18.6 Å². The van der Waals surface area contributed by atoms with E-state index >= 15 is 0 Å². The molecule has 0 aliphatic carbocycles. The molecule has 5 heteroatoms. The number of aromatic nitrogens is 1. The summed E-state index contributed by atoms with van der Waals surface area (Å²) in [5.41, 5.74) is 0.731. The molecule has 0 radical (unpaired) electrons. The lowest BCUT2D eigenvalue weighted by atomic mass is 10.00. The van der Waals surface area contributed by atoms with E-state index < -0.39 is 0 Å². The number of anilines is 1. The van der Waals surface area contributed by atoms with Gasteiger partial charge in [0.2, 0.25) is 11.8 Å². The second-order valence-electron chi connectivity index (χ2n) is 5.28. The van der Waals surface area contributed by atoms with Gasteiger partial charge in [-0.25, -0.2) is 4.98 Å². The molecule has 1 aromatic rings. The lowest BCUT2D eigenvalue weighted by Crippen LogP contribution is -2.30. The maximum Gasteiger partial charge on any atom is 0.233 e. The van der Waals surface area contributed by atoms with E-state index in [1.807, 2.05) is 18.2 Å². The number of carbonyl (C=O) groups is 2. The molecular weight excluding hydrogens is 254 g/mol. The Morgan fingerprint density at radius 3 is 2.45 bits per heavy atom. The van der Waals surface area contributed by atoms with E-state index in [2.05, 4.69) is 17.2 Å². The normalized spacial score (nSPS) is 22.4. The summed E-state index contributed by atoms with van der Waals surface area (Å²) in [6, 6.07) is 5.61. The van der Waals surface area contributed by atoms with Gasteiger partial charge >= 0.3 is 0 Å². The highest BCUT2D eigenvalue weighted by Gasteiger charge is 2.42. The summed E-state index contributed by atoms with van der Waals surface area (Å²) in [4.78, 5) is 29.9. The van der Waals surface area contributed by atoms with Crippen LogP contribution in [0, 0.1) is 11.8 Å². The fourth-order valence-corrected chi connectivity index (χ4v) is 2.26. The van der Waals surface area contributed by atoms with E-state index in [0.717, 1.165) is 24.5 Å². The lowest BCUT2D eigenvalue weighted by molar-refractivity contribution is -0.140. The molecule has 2 rings (SSSR count). The SMILES string of the molecule is CCCNc1cccc(CN2C(=O)C(C)C(C)C2=O)n1. The molecule has 2 atom stereocenters. The third kappa shape index (κ3) is 2.81. The van der Waals surface area contributed by atoms with E-state index in [1.165, 1.54) is 4.90 Å². The maximum absolute atomic E-state index is 12.0. The van der Waals surface area contributed by atoms with E-state index in [9.17, 15) is 9.59 Å². The van der Waals surface area contributed by atoms with Crippen LogP contribution in [0.1, 0.15) is 32.9 Å². The Morgan fingerprint density at radius 2 is 1.85 bits per heavy atom. The molecule has 0 saturated carbocycles. The molecule has 1 aliphatic rings. The Hall–Kier alpha value is -1.91. The zero-order valence-electron chi connectivity index (χ0n) is 12.2. The highest BCUT2D eigenvalue weighted by molar-refractivity contribution is 6.04. The minimum atomic E-state index is -0.233. The molecule has 108 valence electrons. The summed E-state index contributed by atoms with van der Waals surface area (Å²) in [6.07, 6.45) is 1.02. The minimum Gasteiger partial charge on any atom is -0.370 e. The van der Waals surface area contributed by atoms with Crippen LogP contribution in [-0.4, -0.2) is 28.2 Å². The van der Waals surface area contributed by atoms with Crippen molar-refractivity contribution in [1.29, 1.82) is 0 Å². The summed E-state index contributed by atoms with van der Waals surface area (Å²) in [6.45, 7) is 6.80. The van der Waals surface area contributed by atoms with Gasteiger partial charge in [-0.15, -0.1) is 0 Å². The van der Waals surface area contributed by atoms with Gasteiger partial charge < -0.3 is 5.32 Å². The quantitative estimate of drug-likeness (QED) is 0.835. The van der Waals surface area contributed by atoms with Crippen molar-refractivity contribution in [3.05, 3.63) is 23.9 Å². The number of hydrogen-bond donors (Lipinski definition) is 1. The summed E-state index contributed by atoms with van der Waals surface area (Å²) in [5, 5.41) is 3.20. The van der Waals surface area contributed by atoms with Gasteiger partial charge in [0.05, 0.1) is 12.2 Å². The smallest absolute Gasteiger partial charge is 0.233 e. The standard InChI is InChI=1S/C15H21N3O2/c1-4-8-16-13-7-5-6-12(17-13)9-18-14(19)10(2)11(3)15(18)20/h5-7,10-11H,4,8-9H2,1-3H3,(H,16,17). The van der Waals surface area contributed by atoms with E-state index in [1.54, 1.807) is 13.8 Å². The second kappa shape index (κ2) is 6.03. The molecule has 1 N–H and O–H groups in total. The Labute approximate surface area is 119 Å². The van der Waals surface area contributed by atoms with Crippen LogP contribution in [0.2, 0.25) is 0 Å². The summed E-state index contributed by atoms with van der Waals surface area (Å²) in [5.74, 6) is 0.116. The van der Waals surface area contributed by atoms with Crippen LogP contribution in [-0.2, 0) is 16.1 Å². The molecule has 5 nitrogen and oxygen atoms in total. The topological polar surface area (TPSA) is 62.3 Å².